The van der Waals surface area contributed by atoms with Crippen LogP contribution in [0.3, 0.4) is 0 Å². The zero-order chi connectivity index (χ0) is 24.5. The highest BCUT2D eigenvalue weighted by Gasteiger charge is 2.29. The summed E-state index contributed by atoms with van der Waals surface area (Å²) in [5, 5.41) is 39.4. The lowest BCUT2D eigenvalue weighted by Crippen LogP contribution is -2.39. The van der Waals surface area contributed by atoms with Gasteiger partial charge in [0, 0.05) is 11.0 Å². The van der Waals surface area contributed by atoms with Crippen molar-refractivity contribution in [1.29, 1.82) is 0 Å². The number of hydrogen-bond acceptors (Lipinski definition) is 6. The molecule has 1 amide bonds. The largest absolute Gasteiger partial charge is 0.479 e. The van der Waals surface area contributed by atoms with Crippen LogP contribution in [0.25, 0.3) is 0 Å². The fraction of sp³-hybridized carbons (Fsp3) is 0.500. The smallest absolute Gasteiger partial charge is 0.335 e. The molecule has 0 aliphatic carbocycles. The van der Waals surface area contributed by atoms with Gasteiger partial charge in [-0.2, -0.15) is 0 Å². The highest BCUT2D eigenvalue weighted by atomic mass is 35.5. The third kappa shape index (κ3) is 8.48. The number of amides is 1. The molecule has 1 aromatic rings. The molecule has 0 aromatic heterocycles. The average molecular weight is 469 g/mol. The van der Waals surface area contributed by atoms with Gasteiger partial charge in [-0.25, -0.2) is 9.59 Å². The Morgan fingerprint density at radius 3 is 2.19 bits per heavy atom. The van der Waals surface area contributed by atoms with Gasteiger partial charge in [0.05, 0.1) is 11.6 Å². The maximum atomic E-state index is 11.8. The number of nitrogens with one attached hydrogen (secondary N) is 2. The summed E-state index contributed by atoms with van der Waals surface area (Å²) in [4.78, 5) is 31.4. The van der Waals surface area contributed by atoms with E-state index in [1.807, 2.05) is 26.8 Å². The monoisotopic (exact) mass is 468 g/mol. The van der Waals surface area contributed by atoms with Crippen LogP contribution in [0.1, 0.15) is 37.5 Å². The van der Waals surface area contributed by atoms with Gasteiger partial charge < -0.3 is 31.1 Å². The van der Waals surface area contributed by atoms with Crippen molar-refractivity contribution < 1.29 is 34.8 Å². The fourth-order valence-electron chi connectivity index (χ4n) is 2.67. The highest BCUT2D eigenvalue weighted by Crippen LogP contribution is 2.24. The van der Waals surface area contributed by atoms with Gasteiger partial charge in [-0.1, -0.05) is 50.3 Å². The van der Waals surface area contributed by atoms with Crippen molar-refractivity contribution in [2.24, 2.45) is 5.41 Å². The molecule has 1 heterocycles. The lowest BCUT2D eigenvalue weighted by atomic mass is 9.96. The normalized spacial score (nSPS) is 14.8. The summed E-state index contributed by atoms with van der Waals surface area (Å²) in [6.07, 6.45) is -2.59. The van der Waals surface area contributed by atoms with E-state index < -0.39 is 29.6 Å². The Morgan fingerprint density at radius 2 is 1.66 bits per heavy atom. The van der Waals surface area contributed by atoms with Crippen LogP contribution in [-0.4, -0.2) is 70.1 Å². The molecule has 0 spiro atoms. The average Bonchev–Trinajstić information content (AvgIpc) is 2.96. The van der Waals surface area contributed by atoms with E-state index in [1.165, 1.54) is 11.1 Å². The SMILES string of the molecule is CC(C)(C)C(=O)NCC#Cc1c(Cl)ccc2c1CCNCC2.O=C(O)[C@H](O)[C@@H](O)C(=O)O. The first-order chi connectivity index (χ1) is 14.9. The maximum absolute atomic E-state index is 11.8. The van der Waals surface area contributed by atoms with Gasteiger partial charge in [-0.15, -0.1) is 0 Å². The van der Waals surface area contributed by atoms with E-state index in [4.69, 9.17) is 32.0 Å². The summed E-state index contributed by atoms with van der Waals surface area (Å²) >= 11 is 6.32. The Balaban J connectivity index is 0.000000433. The number of hydrogen-bond donors (Lipinski definition) is 6. The zero-order valence-electron chi connectivity index (χ0n) is 18.2. The van der Waals surface area contributed by atoms with Gasteiger partial charge >= 0.3 is 11.9 Å². The molecule has 1 aliphatic heterocycles. The summed E-state index contributed by atoms with van der Waals surface area (Å²) in [7, 11) is 0. The lowest BCUT2D eigenvalue weighted by molar-refractivity contribution is -0.165. The first-order valence-electron chi connectivity index (χ1n) is 9.96. The van der Waals surface area contributed by atoms with Crippen molar-refractivity contribution in [3.05, 3.63) is 33.8 Å². The lowest BCUT2D eigenvalue weighted by Gasteiger charge is -2.16. The number of benzene rings is 1. The van der Waals surface area contributed by atoms with Crippen LogP contribution in [0, 0.1) is 17.3 Å². The standard InChI is InChI=1S/C18H23ClN2O.C4H6O6/c1-18(2,3)17(22)21-10-4-5-15-14-9-12-20-11-8-13(14)6-7-16(15)19;5-1(3(7)8)2(6)4(9)10/h6-7,20H,8-12H2,1-3H3,(H,21,22);1-2,5-6H,(H,7,8)(H,9,10)/t;1-,2-/m.1/s1. The first-order valence-corrected chi connectivity index (χ1v) is 10.3. The fourth-order valence-corrected chi connectivity index (χ4v) is 2.90. The molecule has 10 heteroatoms. The van der Waals surface area contributed by atoms with E-state index in [9.17, 15) is 14.4 Å². The van der Waals surface area contributed by atoms with E-state index in [-0.39, 0.29) is 5.91 Å². The molecule has 1 aromatic carbocycles. The Bertz CT molecular complexity index is 882. The number of fused-ring (bicyclic) bond motifs is 1. The number of carbonyl (C=O) groups is 3. The number of carboxylic acid groups (broad SMARTS) is 2. The number of aliphatic hydroxyl groups is 2. The molecule has 176 valence electrons. The Kier molecular flexibility index (Phi) is 10.6. The van der Waals surface area contributed by atoms with E-state index >= 15 is 0 Å². The number of aliphatic carboxylic acids is 2. The quantitative estimate of drug-likeness (QED) is 0.347. The van der Waals surface area contributed by atoms with Crippen molar-refractivity contribution in [3.63, 3.8) is 0 Å². The number of carbonyl (C=O) groups excluding carboxylic acids is 1. The van der Waals surface area contributed by atoms with E-state index in [0.717, 1.165) is 31.5 Å². The summed E-state index contributed by atoms with van der Waals surface area (Å²) in [6, 6.07) is 4.01. The zero-order valence-corrected chi connectivity index (χ0v) is 19.0. The van der Waals surface area contributed by atoms with Crippen molar-refractivity contribution in [2.45, 2.75) is 45.8 Å². The van der Waals surface area contributed by atoms with Gasteiger partial charge in [-0.3, -0.25) is 4.79 Å². The predicted molar refractivity (Wildman–Crippen MR) is 118 cm³/mol. The third-order valence-corrected chi connectivity index (χ3v) is 4.83. The van der Waals surface area contributed by atoms with Crippen molar-refractivity contribution in [1.82, 2.24) is 10.6 Å². The molecule has 0 saturated heterocycles. The molecule has 2 atom stereocenters. The maximum Gasteiger partial charge on any atom is 0.335 e. The second kappa shape index (κ2) is 12.4. The van der Waals surface area contributed by atoms with Crippen LogP contribution in [0.4, 0.5) is 0 Å². The molecule has 0 unspecified atom stereocenters. The summed E-state index contributed by atoms with van der Waals surface area (Å²) in [6.45, 7) is 7.93. The molecular formula is C22H29ClN2O7. The molecule has 9 nitrogen and oxygen atoms in total. The van der Waals surface area contributed by atoms with Gasteiger partial charge in [-0.05, 0) is 43.1 Å². The number of halogens is 1. The van der Waals surface area contributed by atoms with Gasteiger partial charge in [0.1, 0.15) is 0 Å². The van der Waals surface area contributed by atoms with Gasteiger partial charge in [0.15, 0.2) is 12.2 Å². The van der Waals surface area contributed by atoms with E-state index in [2.05, 4.69) is 28.5 Å². The molecule has 0 fully saturated rings. The molecule has 0 bridgehead atoms. The molecule has 2 rings (SSSR count). The van der Waals surface area contributed by atoms with Crippen LogP contribution < -0.4 is 10.6 Å². The molecule has 32 heavy (non-hydrogen) atoms. The second-order valence-electron chi connectivity index (χ2n) is 8.11. The van der Waals surface area contributed by atoms with Crippen LogP contribution in [0.5, 0.6) is 0 Å². The Labute approximate surface area is 191 Å². The minimum Gasteiger partial charge on any atom is -0.479 e. The Morgan fingerprint density at radius 1 is 1.09 bits per heavy atom. The predicted octanol–water partition coefficient (Wildman–Crippen LogP) is 0.419. The molecule has 0 radical (unpaired) electrons. The van der Waals surface area contributed by atoms with E-state index in [0.29, 0.717) is 11.6 Å². The molecular weight excluding hydrogens is 440 g/mol. The van der Waals surface area contributed by atoms with Crippen LogP contribution in [0.2, 0.25) is 5.02 Å². The van der Waals surface area contributed by atoms with Gasteiger partial charge in [0.2, 0.25) is 5.91 Å². The third-order valence-electron chi connectivity index (χ3n) is 4.52. The van der Waals surface area contributed by atoms with Crippen molar-refractivity contribution in [2.75, 3.05) is 19.6 Å². The Hall–Kier alpha value is -2.64. The summed E-state index contributed by atoms with van der Waals surface area (Å²) in [5.41, 5.74) is 3.08. The number of aliphatic hydroxyl groups excluding tert-OH is 2. The van der Waals surface area contributed by atoms with Gasteiger partial charge in [0.25, 0.3) is 0 Å². The van der Waals surface area contributed by atoms with Crippen LogP contribution in [-0.2, 0) is 27.2 Å². The van der Waals surface area contributed by atoms with Crippen LogP contribution >= 0.6 is 11.6 Å². The summed E-state index contributed by atoms with van der Waals surface area (Å²) < 4.78 is 0. The van der Waals surface area contributed by atoms with Crippen molar-refractivity contribution >= 4 is 29.4 Å². The molecule has 0 saturated carbocycles. The first kappa shape index (κ1) is 27.4. The number of rotatable bonds is 4. The second-order valence-corrected chi connectivity index (χ2v) is 8.52. The highest BCUT2D eigenvalue weighted by molar-refractivity contribution is 6.31. The number of carboxylic acids is 2. The van der Waals surface area contributed by atoms with Crippen LogP contribution in [0.15, 0.2) is 12.1 Å². The topological polar surface area (TPSA) is 156 Å². The summed E-state index contributed by atoms with van der Waals surface area (Å²) in [5.74, 6) is 2.65. The molecule has 1 aliphatic rings. The van der Waals surface area contributed by atoms with E-state index in [1.54, 1.807) is 0 Å². The minimum absolute atomic E-state index is 0.00369. The minimum atomic E-state index is -2.27. The van der Waals surface area contributed by atoms with Crippen molar-refractivity contribution in [3.8, 4) is 11.8 Å². The molecule has 6 N–H and O–H groups in total.